The molecule has 1 aromatic heterocycles. The molecule has 13 nitrogen and oxygen atoms in total. The van der Waals surface area contributed by atoms with Gasteiger partial charge >= 0.3 is 18.0 Å². The van der Waals surface area contributed by atoms with Gasteiger partial charge in [0, 0.05) is 42.9 Å². The summed E-state index contributed by atoms with van der Waals surface area (Å²) in [7, 11) is 1.42. The molecule has 12 atom stereocenters. The molecule has 1 saturated carbocycles. The van der Waals surface area contributed by atoms with E-state index in [1.807, 2.05) is 39.0 Å². The number of nitrogens with one attached hydrogen (secondary N) is 2. The molecule has 1 spiro atoms. The van der Waals surface area contributed by atoms with Gasteiger partial charge < -0.3 is 49.3 Å². The maximum Gasteiger partial charge on any atom is 0.408 e. The topological polar surface area (TPSA) is 186 Å². The Morgan fingerprint density at radius 3 is 2.59 bits per heavy atom. The fourth-order valence-corrected chi connectivity index (χ4v) is 7.77. The quantitative estimate of drug-likeness (QED) is 0.158. The molecule has 4 aliphatic rings. The molecule has 0 radical (unpaired) electrons. The van der Waals surface area contributed by atoms with Gasteiger partial charge in [0.15, 0.2) is 6.10 Å². The third kappa shape index (κ3) is 5.87. The molecular formula is C33H46N2O11. The van der Waals surface area contributed by atoms with Gasteiger partial charge in [-0.3, -0.25) is 0 Å². The lowest BCUT2D eigenvalue weighted by molar-refractivity contribution is -0.172. The van der Waals surface area contributed by atoms with E-state index < -0.39 is 96.8 Å². The number of aliphatic hydroxyl groups is 3. The van der Waals surface area contributed by atoms with Gasteiger partial charge in [0.05, 0.1) is 24.9 Å². The summed E-state index contributed by atoms with van der Waals surface area (Å²) in [6.07, 6.45) is 1.78. The Hall–Kier alpha value is -3.23. The summed E-state index contributed by atoms with van der Waals surface area (Å²) in [5, 5.41) is 33.5. The molecule has 5 N–H and O–H groups in total. The minimum atomic E-state index is -1.31. The molecular weight excluding hydrogens is 600 g/mol. The normalized spacial score (nSPS) is 38.9. The SMILES string of the molecule is CO[C@H]1C[C@H]2C=C[C@H]3[C@H]4O[C@]2(/C(C)=C/[C@@H](C)[C@@H]([C@@H](C)OC(=O)NC(C)(CO)CO)OC1=O)[C@@H]3[C@H](O)[C@@H](C)[C@H]4OC(=O)c1ccc[nH]1. The largest absolute Gasteiger partial charge is 0.456 e. The van der Waals surface area contributed by atoms with Crippen LogP contribution in [-0.2, 0) is 28.5 Å². The Morgan fingerprint density at radius 1 is 1.24 bits per heavy atom. The van der Waals surface area contributed by atoms with Crippen LogP contribution < -0.4 is 5.32 Å². The first-order valence-electron chi connectivity index (χ1n) is 15.8. The number of carbonyl (C=O) groups is 3. The van der Waals surface area contributed by atoms with Crippen LogP contribution in [0.2, 0.25) is 0 Å². The molecule has 2 aliphatic heterocycles. The molecule has 2 fully saturated rings. The molecule has 5 rings (SSSR count). The number of H-pyrrole nitrogens is 1. The Kier molecular flexibility index (Phi) is 9.72. The molecule has 46 heavy (non-hydrogen) atoms. The maximum absolute atomic E-state index is 13.6. The number of carbonyl (C=O) groups excluding carboxylic acids is 3. The first-order valence-corrected chi connectivity index (χ1v) is 15.8. The van der Waals surface area contributed by atoms with Crippen LogP contribution in [0.4, 0.5) is 4.79 Å². The van der Waals surface area contributed by atoms with E-state index >= 15 is 0 Å². The molecule has 2 aliphatic carbocycles. The number of alkyl carbamates (subject to hydrolysis) is 1. The van der Waals surface area contributed by atoms with E-state index in [1.165, 1.54) is 14.0 Å². The Balaban J connectivity index is 1.49. The average molecular weight is 647 g/mol. The summed E-state index contributed by atoms with van der Waals surface area (Å²) in [6, 6.07) is 3.33. The van der Waals surface area contributed by atoms with E-state index in [0.29, 0.717) is 5.69 Å². The average Bonchev–Trinajstić information content (AvgIpc) is 3.63. The van der Waals surface area contributed by atoms with Crippen LogP contribution >= 0.6 is 0 Å². The molecule has 3 heterocycles. The minimum Gasteiger partial charge on any atom is -0.456 e. The number of aromatic nitrogens is 1. The molecule has 4 bridgehead atoms. The monoisotopic (exact) mass is 646 g/mol. The van der Waals surface area contributed by atoms with Crippen LogP contribution in [0.1, 0.15) is 51.5 Å². The highest BCUT2D eigenvalue weighted by Gasteiger charge is 2.69. The number of cyclic esters (lactones) is 1. The predicted molar refractivity (Wildman–Crippen MR) is 162 cm³/mol. The summed E-state index contributed by atoms with van der Waals surface area (Å²) in [5.74, 6) is -3.15. The van der Waals surface area contributed by atoms with Gasteiger partial charge in [-0.1, -0.05) is 32.1 Å². The van der Waals surface area contributed by atoms with Crippen molar-refractivity contribution >= 4 is 18.0 Å². The summed E-state index contributed by atoms with van der Waals surface area (Å²) < 4.78 is 30.1. The van der Waals surface area contributed by atoms with Crippen LogP contribution in [0.25, 0.3) is 0 Å². The fourth-order valence-electron chi connectivity index (χ4n) is 7.77. The van der Waals surface area contributed by atoms with Gasteiger partial charge in [-0.05, 0) is 44.9 Å². The van der Waals surface area contributed by atoms with Gasteiger partial charge in [0.2, 0.25) is 0 Å². The summed E-state index contributed by atoms with van der Waals surface area (Å²) >= 11 is 0. The third-order valence-electron chi connectivity index (χ3n) is 10.3. The highest BCUT2D eigenvalue weighted by atomic mass is 16.6. The van der Waals surface area contributed by atoms with Crippen LogP contribution in [0.15, 0.2) is 42.1 Å². The molecule has 1 aromatic rings. The number of hydrogen-bond acceptors (Lipinski definition) is 11. The van der Waals surface area contributed by atoms with Crippen molar-refractivity contribution < 1.29 is 53.4 Å². The fraction of sp³-hybridized carbons (Fsp3) is 0.667. The van der Waals surface area contributed by atoms with E-state index in [2.05, 4.69) is 10.3 Å². The van der Waals surface area contributed by atoms with Crippen LogP contribution in [0, 0.1) is 29.6 Å². The molecule has 1 amide bonds. The molecule has 254 valence electrons. The summed E-state index contributed by atoms with van der Waals surface area (Å²) in [5.41, 5.74) is -1.26. The Bertz CT molecular complexity index is 1340. The number of aromatic amines is 1. The molecule has 0 unspecified atom stereocenters. The van der Waals surface area contributed by atoms with Crippen molar-refractivity contribution in [2.45, 2.75) is 88.8 Å². The zero-order chi connectivity index (χ0) is 33.6. The first kappa shape index (κ1) is 34.1. The number of hydrogen-bond donors (Lipinski definition) is 5. The van der Waals surface area contributed by atoms with Gasteiger partial charge in [0.25, 0.3) is 0 Å². The van der Waals surface area contributed by atoms with Crippen molar-refractivity contribution in [2.24, 2.45) is 29.6 Å². The zero-order valence-electron chi connectivity index (χ0n) is 27.0. The number of methoxy groups -OCH3 is 1. The zero-order valence-corrected chi connectivity index (χ0v) is 27.0. The van der Waals surface area contributed by atoms with Gasteiger partial charge in [0.1, 0.15) is 35.7 Å². The van der Waals surface area contributed by atoms with E-state index in [9.17, 15) is 29.7 Å². The second-order valence-electron chi connectivity index (χ2n) is 13.5. The minimum absolute atomic E-state index is 0.184. The Labute approximate surface area is 268 Å². The smallest absolute Gasteiger partial charge is 0.408 e. The van der Waals surface area contributed by atoms with E-state index in [1.54, 1.807) is 25.3 Å². The second-order valence-corrected chi connectivity index (χ2v) is 13.5. The van der Waals surface area contributed by atoms with E-state index in [-0.39, 0.29) is 18.3 Å². The summed E-state index contributed by atoms with van der Waals surface area (Å²) in [4.78, 5) is 42.2. The lowest BCUT2D eigenvalue weighted by Crippen LogP contribution is -2.57. The lowest BCUT2D eigenvalue weighted by atomic mass is 9.57. The van der Waals surface area contributed by atoms with Crippen molar-refractivity contribution in [3.05, 3.63) is 47.8 Å². The summed E-state index contributed by atoms with van der Waals surface area (Å²) in [6.45, 7) is 7.62. The number of ether oxygens (including phenoxy) is 5. The Morgan fingerprint density at radius 2 is 1.96 bits per heavy atom. The van der Waals surface area contributed by atoms with Crippen molar-refractivity contribution in [1.29, 1.82) is 0 Å². The number of amides is 1. The number of esters is 2. The van der Waals surface area contributed by atoms with Crippen LogP contribution in [0.3, 0.4) is 0 Å². The number of aliphatic hydroxyl groups excluding tert-OH is 3. The molecule has 13 heteroatoms. The van der Waals surface area contributed by atoms with Gasteiger partial charge in [-0.25, -0.2) is 14.4 Å². The van der Waals surface area contributed by atoms with Crippen molar-refractivity contribution in [3.63, 3.8) is 0 Å². The van der Waals surface area contributed by atoms with Crippen LogP contribution in [0.5, 0.6) is 0 Å². The van der Waals surface area contributed by atoms with Gasteiger partial charge in [-0.15, -0.1) is 0 Å². The first-order chi connectivity index (χ1) is 21.8. The van der Waals surface area contributed by atoms with Crippen molar-refractivity contribution in [2.75, 3.05) is 20.3 Å². The van der Waals surface area contributed by atoms with E-state index in [4.69, 9.17) is 23.7 Å². The second kappa shape index (κ2) is 13.1. The predicted octanol–water partition coefficient (Wildman–Crippen LogP) is 1.88. The molecule has 0 aromatic carbocycles. The van der Waals surface area contributed by atoms with Gasteiger partial charge in [-0.2, -0.15) is 0 Å². The highest BCUT2D eigenvalue weighted by molar-refractivity contribution is 5.87. The highest BCUT2D eigenvalue weighted by Crippen LogP contribution is 2.61. The van der Waals surface area contributed by atoms with Crippen LogP contribution in [-0.4, -0.2) is 106 Å². The molecule has 1 saturated heterocycles. The van der Waals surface area contributed by atoms with Crippen molar-refractivity contribution in [3.8, 4) is 0 Å². The maximum atomic E-state index is 13.6. The van der Waals surface area contributed by atoms with E-state index in [0.717, 1.165) is 5.57 Å². The number of rotatable bonds is 8. The third-order valence-corrected chi connectivity index (χ3v) is 10.3. The van der Waals surface area contributed by atoms with Crippen molar-refractivity contribution in [1.82, 2.24) is 10.3 Å². The standard InChI is InChI=1S/C33H46N2O11/c1-16-12-17(2)33-20(13-23(42-6)30(40)44-26(16)19(4)43-31(41)35-32(5,14-36)15-37)9-10-21-24(33)25(38)18(3)27(28(21)46-33)45-29(39)22-8-7-11-34-22/h7-12,16,18-21,23-28,34,36-38H,13-15H2,1-6H3,(H,35,41)/b17-12+/t16-,18-,19-,20-,21-,23+,24+,25-,26+,27-,28-,33+/m1/s1. The lowest BCUT2D eigenvalue weighted by Gasteiger charge is -2.48.